The molecular weight excluding hydrogens is 398 g/mol. The van der Waals surface area contributed by atoms with Crippen molar-refractivity contribution in [3.63, 3.8) is 0 Å². The predicted octanol–water partition coefficient (Wildman–Crippen LogP) is 5.14. The third kappa shape index (κ3) is 4.94. The number of hydrogen-bond donors (Lipinski definition) is 1. The molecule has 0 aliphatic carbocycles. The zero-order valence-corrected chi connectivity index (χ0v) is 18.4. The van der Waals surface area contributed by atoms with Crippen molar-refractivity contribution in [2.45, 2.75) is 38.6 Å². The number of aliphatic carboxylic acids is 1. The van der Waals surface area contributed by atoms with E-state index in [4.69, 9.17) is 0 Å². The van der Waals surface area contributed by atoms with Crippen molar-refractivity contribution in [2.24, 2.45) is 0 Å². The highest BCUT2D eigenvalue weighted by Gasteiger charge is 2.29. The van der Waals surface area contributed by atoms with Gasteiger partial charge >= 0.3 is 5.97 Å². The second-order valence-corrected chi connectivity index (χ2v) is 8.60. The van der Waals surface area contributed by atoms with Crippen molar-refractivity contribution < 1.29 is 9.90 Å². The van der Waals surface area contributed by atoms with Gasteiger partial charge in [-0.1, -0.05) is 84.1 Å². The molecule has 1 aromatic heterocycles. The first-order valence-electron chi connectivity index (χ1n) is 10.8. The molecule has 1 N–H and O–H groups in total. The zero-order valence-electron chi connectivity index (χ0n) is 18.4. The van der Waals surface area contributed by atoms with E-state index in [0.717, 1.165) is 41.8 Å². The monoisotopic (exact) mass is 425 g/mol. The van der Waals surface area contributed by atoms with Gasteiger partial charge in [0.15, 0.2) is 0 Å². The molecule has 162 valence electrons. The maximum absolute atomic E-state index is 11.5. The Hall–Kier alpha value is -3.73. The third-order valence-corrected chi connectivity index (χ3v) is 5.87. The Morgan fingerprint density at radius 2 is 1.47 bits per heavy atom. The molecule has 0 aliphatic heterocycles. The molecule has 0 fully saturated rings. The van der Waals surface area contributed by atoms with Gasteiger partial charge in [0.1, 0.15) is 0 Å². The van der Waals surface area contributed by atoms with Crippen LogP contribution in [0.4, 0.5) is 0 Å². The molecule has 4 aromatic rings. The second kappa shape index (κ2) is 9.18. The number of carboxylic acids is 1. The van der Waals surface area contributed by atoms with Crippen LogP contribution in [-0.2, 0) is 29.6 Å². The molecule has 3 aromatic carbocycles. The number of rotatable bonds is 8. The van der Waals surface area contributed by atoms with Gasteiger partial charge in [-0.15, -0.1) is 5.10 Å². The molecule has 4 rings (SSSR count). The largest absolute Gasteiger partial charge is 0.481 e. The fourth-order valence-electron chi connectivity index (χ4n) is 3.64. The number of benzene rings is 3. The molecule has 0 amide bonds. The van der Waals surface area contributed by atoms with Crippen molar-refractivity contribution >= 4 is 5.97 Å². The Bertz CT molecular complexity index is 1180. The number of carboxylic acid groups (broad SMARTS) is 1. The fraction of sp³-hybridized carbons (Fsp3) is 0.222. The number of nitrogens with zero attached hydrogens (tertiary/aromatic N) is 3. The van der Waals surface area contributed by atoms with Crippen LogP contribution in [0.2, 0.25) is 0 Å². The molecular formula is C27H27N3O2. The molecule has 5 heteroatoms. The van der Waals surface area contributed by atoms with Gasteiger partial charge in [-0.25, -0.2) is 4.68 Å². The maximum Gasteiger partial charge on any atom is 0.313 e. The number of hydrogen-bond acceptors (Lipinski definition) is 3. The van der Waals surface area contributed by atoms with E-state index < -0.39 is 11.4 Å². The molecule has 0 aliphatic rings. The summed E-state index contributed by atoms with van der Waals surface area (Å²) in [6.45, 7) is 4.17. The third-order valence-electron chi connectivity index (χ3n) is 5.87. The van der Waals surface area contributed by atoms with Crippen LogP contribution in [0.3, 0.4) is 0 Å². The molecule has 0 unspecified atom stereocenters. The number of aromatic nitrogens is 3. The Kier molecular flexibility index (Phi) is 6.17. The van der Waals surface area contributed by atoms with Crippen molar-refractivity contribution in [2.75, 3.05) is 0 Å². The van der Waals surface area contributed by atoms with E-state index in [0.29, 0.717) is 0 Å². The van der Waals surface area contributed by atoms with E-state index in [1.165, 1.54) is 11.1 Å². The van der Waals surface area contributed by atoms with E-state index >= 15 is 0 Å². The molecule has 5 nitrogen and oxygen atoms in total. The lowest BCUT2D eigenvalue weighted by Crippen LogP contribution is -2.28. The molecule has 0 bridgehead atoms. The van der Waals surface area contributed by atoms with Crippen LogP contribution in [0.1, 0.15) is 36.2 Å². The minimum Gasteiger partial charge on any atom is -0.481 e. The molecule has 0 saturated heterocycles. The topological polar surface area (TPSA) is 68.0 Å². The van der Waals surface area contributed by atoms with Crippen LogP contribution in [0.5, 0.6) is 0 Å². The lowest BCUT2D eigenvalue weighted by molar-refractivity contribution is -0.142. The van der Waals surface area contributed by atoms with Gasteiger partial charge in [0.2, 0.25) is 0 Å². The van der Waals surface area contributed by atoms with E-state index in [2.05, 4.69) is 46.7 Å². The van der Waals surface area contributed by atoms with E-state index in [1.54, 1.807) is 13.8 Å². The summed E-state index contributed by atoms with van der Waals surface area (Å²) in [7, 11) is 0. The van der Waals surface area contributed by atoms with Crippen LogP contribution in [-0.4, -0.2) is 26.1 Å². The summed E-state index contributed by atoms with van der Waals surface area (Å²) in [5, 5.41) is 17.9. The Morgan fingerprint density at radius 1 is 0.844 bits per heavy atom. The first-order chi connectivity index (χ1) is 15.4. The van der Waals surface area contributed by atoms with Crippen molar-refractivity contribution in [3.05, 3.63) is 107 Å². The van der Waals surface area contributed by atoms with Crippen LogP contribution in [0.25, 0.3) is 11.1 Å². The quantitative estimate of drug-likeness (QED) is 0.424. The highest BCUT2D eigenvalue weighted by Crippen LogP contribution is 2.27. The van der Waals surface area contributed by atoms with Crippen molar-refractivity contribution in [1.29, 1.82) is 0 Å². The van der Waals surface area contributed by atoms with Crippen LogP contribution < -0.4 is 0 Å². The normalized spacial score (nSPS) is 11.4. The van der Waals surface area contributed by atoms with Gasteiger partial charge in [-0.05, 0) is 54.5 Å². The summed E-state index contributed by atoms with van der Waals surface area (Å²) in [5.41, 5.74) is 5.53. The summed E-state index contributed by atoms with van der Waals surface area (Å²) in [4.78, 5) is 11.5. The van der Waals surface area contributed by atoms with E-state index in [9.17, 15) is 9.90 Å². The molecule has 0 spiro atoms. The lowest BCUT2D eigenvalue weighted by Gasteiger charge is -2.19. The van der Waals surface area contributed by atoms with Crippen molar-refractivity contribution in [3.8, 4) is 11.1 Å². The van der Waals surface area contributed by atoms with E-state index in [1.807, 2.05) is 53.3 Å². The average Bonchev–Trinajstić information content (AvgIpc) is 3.26. The minimum atomic E-state index is -0.897. The standard InChI is InChI=1S/C27H27N3O2/c1-27(2,26(31)32)24-15-13-23(14-16-24)22-11-8-20(9-12-22)10-17-25-19-30(29-28-25)18-21-6-4-3-5-7-21/h3-9,11-16,19H,10,17-18H2,1-2H3,(H,31,32). The van der Waals surface area contributed by atoms with Gasteiger partial charge in [0.25, 0.3) is 0 Å². The summed E-state index contributed by atoms with van der Waals surface area (Å²) >= 11 is 0. The van der Waals surface area contributed by atoms with Gasteiger partial charge in [0.05, 0.1) is 17.7 Å². The molecule has 0 radical (unpaired) electrons. The smallest absolute Gasteiger partial charge is 0.313 e. The summed E-state index contributed by atoms with van der Waals surface area (Å²) < 4.78 is 1.88. The second-order valence-electron chi connectivity index (χ2n) is 8.60. The molecule has 32 heavy (non-hydrogen) atoms. The molecule has 0 saturated carbocycles. The number of aryl methyl sites for hydroxylation is 2. The van der Waals surface area contributed by atoms with Gasteiger partial charge in [-0.2, -0.15) is 0 Å². The summed E-state index contributed by atoms with van der Waals surface area (Å²) in [5.74, 6) is -0.824. The maximum atomic E-state index is 11.5. The zero-order chi connectivity index (χ0) is 22.6. The highest BCUT2D eigenvalue weighted by molar-refractivity contribution is 5.80. The van der Waals surface area contributed by atoms with Crippen LogP contribution in [0.15, 0.2) is 85.1 Å². The lowest BCUT2D eigenvalue weighted by atomic mass is 9.84. The summed E-state index contributed by atoms with van der Waals surface area (Å²) in [6, 6.07) is 26.5. The fourth-order valence-corrected chi connectivity index (χ4v) is 3.64. The number of carbonyl (C=O) groups is 1. The SMILES string of the molecule is CC(C)(C(=O)O)c1ccc(-c2ccc(CCc3cn(Cc4ccccc4)nn3)cc2)cc1. The minimum absolute atomic E-state index is 0.727. The van der Waals surface area contributed by atoms with Crippen LogP contribution in [0, 0.1) is 0 Å². The highest BCUT2D eigenvalue weighted by atomic mass is 16.4. The first-order valence-corrected chi connectivity index (χ1v) is 10.8. The predicted molar refractivity (Wildman–Crippen MR) is 126 cm³/mol. The van der Waals surface area contributed by atoms with Gasteiger partial charge < -0.3 is 5.11 Å². The molecule has 0 atom stereocenters. The van der Waals surface area contributed by atoms with E-state index in [-0.39, 0.29) is 0 Å². The average molecular weight is 426 g/mol. The van der Waals surface area contributed by atoms with Crippen LogP contribution >= 0.6 is 0 Å². The first kappa shape index (κ1) is 21.5. The molecule has 1 heterocycles. The summed E-state index contributed by atoms with van der Waals surface area (Å²) in [6.07, 6.45) is 3.75. The Balaban J connectivity index is 1.36. The van der Waals surface area contributed by atoms with Gasteiger partial charge in [-0.3, -0.25) is 4.79 Å². The Morgan fingerprint density at radius 3 is 2.09 bits per heavy atom. The van der Waals surface area contributed by atoms with Crippen molar-refractivity contribution in [1.82, 2.24) is 15.0 Å². The van der Waals surface area contributed by atoms with Gasteiger partial charge in [0, 0.05) is 6.20 Å². The Labute approximate surface area is 188 Å².